The summed E-state index contributed by atoms with van der Waals surface area (Å²) in [6.45, 7) is 5.25. The summed E-state index contributed by atoms with van der Waals surface area (Å²) in [6, 6.07) is 5.96. The summed E-state index contributed by atoms with van der Waals surface area (Å²) in [5.41, 5.74) is 1.42. The van der Waals surface area contributed by atoms with Gasteiger partial charge in [0.2, 0.25) is 0 Å². The van der Waals surface area contributed by atoms with Gasteiger partial charge in [-0.1, -0.05) is 13.0 Å². The van der Waals surface area contributed by atoms with Crippen LogP contribution in [0.4, 0.5) is 5.69 Å². The molecule has 0 fully saturated rings. The predicted octanol–water partition coefficient (Wildman–Crippen LogP) is 1.26. The number of anilines is 1. The molecule has 3 aromatic rings. The van der Waals surface area contributed by atoms with Crippen molar-refractivity contribution < 1.29 is 27.9 Å². The lowest BCUT2D eigenvalue weighted by atomic mass is 9.99. The average Bonchev–Trinajstić information content (AvgIpc) is 3.50. The van der Waals surface area contributed by atoms with Crippen molar-refractivity contribution in [2.75, 3.05) is 32.1 Å². The van der Waals surface area contributed by atoms with E-state index in [0.29, 0.717) is 11.4 Å². The minimum Gasteiger partial charge on any atom is -0.486 e. The van der Waals surface area contributed by atoms with Gasteiger partial charge in [-0.05, 0) is 32.0 Å². The lowest BCUT2D eigenvalue weighted by molar-refractivity contribution is 0.0388. The minimum atomic E-state index is -3.93. The summed E-state index contributed by atoms with van der Waals surface area (Å²) in [5, 5.41) is 16.8. The molecule has 0 saturated carbocycles. The van der Waals surface area contributed by atoms with E-state index in [0.717, 1.165) is 0 Å². The van der Waals surface area contributed by atoms with E-state index in [1.165, 1.54) is 28.6 Å². The molecule has 40 heavy (non-hydrogen) atoms. The summed E-state index contributed by atoms with van der Waals surface area (Å²) in [6.07, 6.45) is 2.10. The highest BCUT2D eigenvalue weighted by atomic mass is 32.2. The molecule has 0 spiro atoms. The summed E-state index contributed by atoms with van der Waals surface area (Å²) >= 11 is 0. The molecule has 0 bridgehead atoms. The van der Waals surface area contributed by atoms with Gasteiger partial charge in [0.25, 0.3) is 21.8 Å². The van der Waals surface area contributed by atoms with Crippen molar-refractivity contribution in [2.45, 2.75) is 37.9 Å². The van der Waals surface area contributed by atoms with Crippen LogP contribution in [0.3, 0.4) is 0 Å². The van der Waals surface area contributed by atoms with Crippen molar-refractivity contribution in [1.82, 2.24) is 28.5 Å². The number of aromatic nitrogens is 4. The van der Waals surface area contributed by atoms with Gasteiger partial charge in [0.15, 0.2) is 10.8 Å². The van der Waals surface area contributed by atoms with E-state index in [-0.39, 0.29) is 53.5 Å². The fraction of sp³-hybridized carbons (Fsp3) is 0.462. The topological polar surface area (TPSA) is 152 Å². The molecule has 0 radical (unpaired) electrons. The predicted molar refractivity (Wildman–Crippen MR) is 147 cm³/mol. The number of rotatable bonds is 8. The highest BCUT2D eigenvalue weighted by molar-refractivity contribution is 7.89. The number of imidazole rings is 1. The van der Waals surface area contributed by atoms with Crippen LogP contribution >= 0.6 is 0 Å². The van der Waals surface area contributed by atoms with E-state index in [4.69, 9.17) is 4.74 Å². The molecule has 3 heterocycles. The normalized spacial score (nSPS) is 18.6. The Morgan fingerprint density at radius 2 is 2.05 bits per heavy atom. The third kappa shape index (κ3) is 5.74. The van der Waals surface area contributed by atoms with Gasteiger partial charge in [0.05, 0.1) is 42.5 Å². The maximum absolute atomic E-state index is 13.7. The van der Waals surface area contributed by atoms with Crippen LogP contribution in [0.2, 0.25) is 0 Å². The number of ether oxygens (including phenoxy) is 1. The molecule has 1 aliphatic rings. The molecule has 4 rings (SSSR count). The molecule has 0 unspecified atom stereocenters. The molecule has 0 saturated heterocycles. The Bertz CT molecular complexity index is 1520. The zero-order valence-electron chi connectivity index (χ0n) is 23.4. The van der Waals surface area contributed by atoms with E-state index in [9.17, 15) is 23.1 Å². The number of aliphatic hydroxyl groups is 1. The first-order chi connectivity index (χ1) is 18.8. The maximum Gasteiger partial charge on any atom is 0.274 e. The smallest absolute Gasteiger partial charge is 0.274 e. The lowest BCUT2D eigenvalue weighted by Crippen LogP contribution is -2.50. The number of sulfonamides is 1. The van der Waals surface area contributed by atoms with Crippen LogP contribution in [-0.2, 0) is 24.1 Å². The number of fused-ring (bicyclic) bond motifs is 1. The zero-order valence-corrected chi connectivity index (χ0v) is 24.2. The van der Waals surface area contributed by atoms with Gasteiger partial charge in [-0.2, -0.15) is 9.40 Å². The number of aryl methyl sites for hydroxylation is 3. The van der Waals surface area contributed by atoms with Crippen molar-refractivity contribution in [3.05, 3.63) is 53.7 Å². The summed E-state index contributed by atoms with van der Waals surface area (Å²) in [4.78, 5) is 32.3. The highest BCUT2D eigenvalue weighted by Gasteiger charge is 2.36. The maximum atomic E-state index is 13.7. The molecule has 2 aromatic heterocycles. The number of hydrogen-bond acceptors (Lipinski definition) is 8. The van der Waals surface area contributed by atoms with Gasteiger partial charge < -0.3 is 24.6 Å². The van der Waals surface area contributed by atoms with E-state index in [1.54, 1.807) is 61.7 Å². The Balaban J connectivity index is 1.74. The molecule has 2 N–H and O–H groups in total. The highest BCUT2D eigenvalue weighted by Crippen LogP contribution is 2.35. The number of nitrogens with one attached hydrogen (secondary N) is 1. The number of likely N-dealkylation sites (N-methyl/N-ethyl adjacent to an activating group) is 1. The Labute approximate surface area is 233 Å². The molecule has 2 amide bonds. The van der Waals surface area contributed by atoms with Crippen molar-refractivity contribution in [3.8, 4) is 5.75 Å². The molecule has 1 aliphatic heterocycles. The third-order valence-corrected chi connectivity index (χ3v) is 8.68. The average molecular weight is 574 g/mol. The van der Waals surface area contributed by atoms with Crippen molar-refractivity contribution in [2.24, 2.45) is 20.0 Å². The van der Waals surface area contributed by atoms with Gasteiger partial charge in [0, 0.05) is 39.8 Å². The molecule has 0 aliphatic carbocycles. The standard InChI is InChI=1S/C26H35N7O6S/c1-16-11-33(18(3)14-34)26(36)19-8-7-9-20(28-25(35)21-10-17(2)29-32(21)6)24(19)39-22(16)12-31(5)40(37,38)23-13-30(4)15-27-23/h7-10,13,15-16,18,22,34H,11-12,14H2,1-6H3,(H,28,35)/t16-,18-,22+/m1/s1. The van der Waals surface area contributed by atoms with Crippen molar-refractivity contribution in [3.63, 3.8) is 0 Å². The second-order valence-electron chi connectivity index (χ2n) is 10.2. The van der Waals surface area contributed by atoms with E-state index >= 15 is 0 Å². The first-order valence-electron chi connectivity index (χ1n) is 12.8. The van der Waals surface area contributed by atoms with E-state index in [1.807, 2.05) is 6.92 Å². The Morgan fingerprint density at radius 1 is 1.32 bits per heavy atom. The minimum absolute atomic E-state index is 0.0573. The van der Waals surface area contributed by atoms with Gasteiger partial charge in [-0.15, -0.1) is 0 Å². The van der Waals surface area contributed by atoms with Crippen LogP contribution in [-0.4, -0.2) is 92.8 Å². The first-order valence-corrected chi connectivity index (χ1v) is 14.2. The Morgan fingerprint density at radius 3 is 2.65 bits per heavy atom. The molecular formula is C26H35N7O6S. The van der Waals surface area contributed by atoms with Crippen LogP contribution in [0.1, 0.15) is 40.4 Å². The molecule has 1 aromatic carbocycles. The monoisotopic (exact) mass is 573 g/mol. The van der Waals surface area contributed by atoms with Crippen molar-refractivity contribution in [1.29, 1.82) is 0 Å². The number of benzene rings is 1. The van der Waals surface area contributed by atoms with Crippen LogP contribution in [0.15, 0.2) is 41.8 Å². The number of hydrogen-bond donors (Lipinski definition) is 2. The summed E-state index contributed by atoms with van der Waals surface area (Å²) in [7, 11) is 0.845. The molecular weight excluding hydrogens is 538 g/mol. The van der Waals surface area contributed by atoms with Crippen molar-refractivity contribution >= 4 is 27.5 Å². The van der Waals surface area contributed by atoms with Crippen LogP contribution in [0.5, 0.6) is 5.75 Å². The number of nitrogens with zero attached hydrogens (tertiary/aromatic N) is 6. The number of para-hydroxylation sites is 1. The first kappa shape index (κ1) is 29.2. The van der Waals surface area contributed by atoms with Crippen LogP contribution in [0.25, 0.3) is 0 Å². The molecule has 216 valence electrons. The zero-order chi connectivity index (χ0) is 29.4. The number of aliphatic hydroxyl groups excluding tert-OH is 1. The number of carbonyl (C=O) groups excluding carboxylic acids is 2. The van der Waals surface area contributed by atoms with Gasteiger partial charge in [0.1, 0.15) is 11.8 Å². The fourth-order valence-corrected chi connectivity index (χ4v) is 5.74. The number of carbonyl (C=O) groups is 2. The second-order valence-corrected chi connectivity index (χ2v) is 12.2. The van der Waals surface area contributed by atoms with Gasteiger partial charge in [-0.3, -0.25) is 14.3 Å². The van der Waals surface area contributed by atoms with E-state index in [2.05, 4.69) is 15.4 Å². The van der Waals surface area contributed by atoms with Crippen LogP contribution in [0, 0.1) is 12.8 Å². The SMILES string of the molecule is Cc1cc(C(=O)Nc2cccc3c2O[C@@H](CN(C)S(=O)(=O)c2cn(C)cn2)[C@H](C)CN([C@H](C)CO)C3=O)n(C)n1. The molecule has 14 heteroatoms. The van der Waals surface area contributed by atoms with E-state index < -0.39 is 28.1 Å². The molecule has 13 nitrogen and oxygen atoms in total. The van der Waals surface area contributed by atoms with Crippen LogP contribution < -0.4 is 10.1 Å². The summed E-state index contributed by atoms with van der Waals surface area (Å²) < 4.78 is 37.0. The Kier molecular flexibility index (Phi) is 8.33. The quantitative estimate of drug-likeness (QED) is 0.409. The summed E-state index contributed by atoms with van der Waals surface area (Å²) in [5.74, 6) is -1.05. The Hall–Kier alpha value is -3.75. The molecule has 3 atom stereocenters. The fourth-order valence-electron chi connectivity index (χ4n) is 4.60. The third-order valence-electron chi connectivity index (χ3n) is 6.97. The second kappa shape index (κ2) is 11.4. The number of amides is 2. The van der Waals surface area contributed by atoms with Gasteiger partial charge in [-0.25, -0.2) is 13.4 Å². The van der Waals surface area contributed by atoms with Gasteiger partial charge >= 0.3 is 0 Å². The lowest BCUT2D eigenvalue weighted by Gasteiger charge is -2.38. The largest absolute Gasteiger partial charge is 0.486 e.